The fourth-order valence-electron chi connectivity index (χ4n) is 2.14. The maximum absolute atomic E-state index is 11.9. The molecule has 0 bridgehead atoms. The van der Waals surface area contributed by atoms with Crippen LogP contribution in [-0.4, -0.2) is 11.9 Å². The molecule has 0 aliphatic rings. The molecule has 7 heteroatoms. The van der Waals surface area contributed by atoms with Gasteiger partial charge in [-0.1, -0.05) is 18.2 Å². The van der Waals surface area contributed by atoms with Gasteiger partial charge in [0.2, 0.25) is 11.2 Å². The zero-order chi connectivity index (χ0) is 18.5. The fourth-order valence-corrected chi connectivity index (χ4v) is 2.14. The Labute approximate surface area is 147 Å². The van der Waals surface area contributed by atoms with E-state index in [1.54, 1.807) is 42.5 Å². The minimum Gasteiger partial charge on any atom is -0.457 e. The van der Waals surface area contributed by atoms with E-state index in [4.69, 9.17) is 18.3 Å². The maximum atomic E-state index is 11.9. The molecule has 3 rings (SSSR count). The molecule has 0 saturated heterocycles. The zero-order valence-corrected chi connectivity index (χ0v) is 13.8. The lowest BCUT2D eigenvalue weighted by Gasteiger charge is -2.03. The molecule has 0 spiro atoms. The van der Waals surface area contributed by atoms with Gasteiger partial charge >= 0.3 is 11.9 Å². The molecule has 0 N–H and O–H groups in total. The van der Waals surface area contributed by atoms with Gasteiger partial charge in [-0.3, -0.25) is 9.59 Å². The Kier molecular flexibility index (Phi) is 4.98. The van der Waals surface area contributed by atoms with Gasteiger partial charge in [-0.25, -0.2) is 4.79 Å². The van der Waals surface area contributed by atoms with Crippen LogP contribution in [-0.2, 0) is 16.1 Å². The molecule has 0 aliphatic carbocycles. The van der Waals surface area contributed by atoms with E-state index in [9.17, 15) is 14.4 Å². The zero-order valence-electron chi connectivity index (χ0n) is 13.8. The monoisotopic (exact) mass is 354 g/mol. The number of hydrogen-bond donors (Lipinski definition) is 0. The summed E-state index contributed by atoms with van der Waals surface area (Å²) >= 11 is 0. The second-order valence-corrected chi connectivity index (χ2v) is 5.27. The molecule has 0 radical (unpaired) electrons. The van der Waals surface area contributed by atoms with Crippen molar-refractivity contribution in [2.45, 2.75) is 13.5 Å². The molecule has 0 unspecified atom stereocenters. The van der Waals surface area contributed by atoms with Gasteiger partial charge in [-0.15, -0.1) is 0 Å². The summed E-state index contributed by atoms with van der Waals surface area (Å²) in [5.74, 6) is -0.471. The van der Waals surface area contributed by atoms with E-state index in [0.29, 0.717) is 11.3 Å². The first kappa shape index (κ1) is 17.2. The summed E-state index contributed by atoms with van der Waals surface area (Å²) in [5, 5.41) is 0. The van der Waals surface area contributed by atoms with Gasteiger partial charge in [0.25, 0.3) is 0 Å². The van der Waals surface area contributed by atoms with Crippen molar-refractivity contribution in [3.05, 3.63) is 76.3 Å². The Morgan fingerprint density at radius 1 is 1.04 bits per heavy atom. The number of carbonyl (C=O) groups excluding carboxylic acids is 2. The van der Waals surface area contributed by atoms with Crippen LogP contribution in [0.4, 0.5) is 0 Å². The Morgan fingerprint density at radius 3 is 2.50 bits per heavy atom. The number of benzene rings is 1. The fraction of sp³-hybridized carbons (Fsp3) is 0.105. The third-order valence-electron chi connectivity index (χ3n) is 3.31. The number of ether oxygens (including phenoxy) is 2. The molecule has 2 aromatic heterocycles. The predicted molar refractivity (Wildman–Crippen MR) is 89.6 cm³/mol. The Hall–Kier alpha value is -3.61. The Morgan fingerprint density at radius 2 is 1.81 bits per heavy atom. The number of furan rings is 1. The molecule has 3 aromatic rings. The van der Waals surface area contributed by atoms with Crippen LogP contribution < -0.4 is 10.2 Å². The molecule has 26 heavy (non-hydrogen) atoms. The summed E-state index contributed by atoms with van der Waals surface area (Å²) < 4.78 is 20.7. The topological polar surface area (TPSA) is 96.0 Å². The molecular formula is C19H14O7. The third kappa shape index (κ3) is 4.07. The summed E-state index contributed by atoms with van der Waals surface area (Å²) in [6.45, 7) is 1.12. The van der Waals surface area contributed by atoms with E-state index in [2.05, 4.69) is 0 Å². The van der Waals surface area contributed by atoms with E-state index in [1.165, 1.54) is 6.92 Å². The second-order valence-electron chi connectivity index (χ2n) is 5.27. The van der Waals surface area contributed by atoms with Gasteiger partial charge in [0, 0.05) is 13.0 Å². The van der Waals surface area contributed by atoms with Crippen molar-refractivity contribution in [3.8, 4) is 17.3 Å². The molecule has 0 amide bonds. The lowest BCUT2D eigenvalue weighted by molar-refractivity contribution is -0.132. The van der Waals surface area contributed by atoms with Crippen molar-refractivity contribution in [2.75, 3.05) is 0 Å². The van der Waals surface area contributed by atoms with Crippen LogP contribution in [0.25, 0.3) is 11.5 Å². The highest BCUT2D eigenvalue weighted by atomic mass is 16.5. The van der Waals surface area contributed by atoms with Gasteiger partial charge < -0.3 is 18.3 Å². The first-order chi connectivity index (χ1) is 12.5. The number of esters is 2. The van der Waals surface area contributed by atoms with Crippen molar-refractivity contribution in [1.82, 2.24) is 0 Å². The van der Waals surface area contributed by atoms with E-state index >= 15 is 0 Å². The summed E-state index contributed by atoms with van der Waals surface area (Å²) in [7, 11) is 0. The lowest BCUT2D eigenvalue weighted by Crippen LogP contribution is -2.10. The van der Waals surface area contributed by atoms with Crippen LogP contribution in [0.5, 0.6) is 5.75 Å². The van der Waals surface area contributed by atoms with Crippen LogP contribution in [0.2, 0.25) is 0 Å². The molecule has 0 aliphatic heterocycles. The lowest BCUT2D eigenvalue weighted by atomic mass is 10.2. The summed E-state index contributed by atoms with van der Waals surface area (Å²) in [6.07, 6.45) is 1.04. The highest BCUT2D eigenvalue weighted by Gasteiger charge is 2.13. The third-order valence-corrected chi connectivity index (χ3v) is 3.31. The Balaban J connectivity index is 1.68. The van der Waals surface area contributed by atoms with E-state index < -0.39 is 17.4 Å². The van der Waals surface area contributed by atoms with Crippen molar-refractivity contribution in [2.24, 2.45) is 0 Å². The molecule has 132 valence electrons. The minimum absolute atomic E-state index is 0.0660. The first-order valence-electron chi connectivity index (χ1n) is 7.65. The largest absolute Gasteiger partial charge is 0.457 e. The van der Waals surface area contributed by atoms with Gasteiger partial charge in [0.1, 0.15) is 18.6 Å². The maximum Gasteiger partial charge on any atom is 0.338 e. The summed E-state index contributed by atoms with van der Waals surface area (Å²) in [6, 6.07) is 12.9. The molecule has 2 heterocycles. The standard InChI is InChI=1S/C19H14O7/c1-12(20)25-18-11-23-17(9-15(18)21)16-8-7-14(26-16)10-24-19(22)13-5-3-2-4-6-13/h2-9,11H,10H2,1H3. The second kappa shape index (κ2) is 7.52. The molecule has 0 saturated carbocycles. The van der Waals surface area contributed by atoms with Crippen LogP contribution in [0.1, 0.15) is 23.0 Å². The predicted octanol–water partition coefficient (Wildman–Crippen LogP) is 3.18. The van der Waals surface area contributed by atoms with Crippen molar-refractivity contribution in [3.63, 3.8) is 0 Å². The van der Waals surface area contributed by atoms with E-state index in [1.807, 2.05) is 0 Å². The van der Waals surface area contributed by atoms with Gasteiger partial charge in [0.15, 0.2) is 11.5 Å². The SMILES string of the molecule is CC(=O)Oc1coc(-c2ccc(COC(=O)c3ccccc3)o2)cc1=O. The van der Waals surface area contributed by atoms with Gasteiger partial charge in [-0.2, -0.15) is 0 Å². The number of rotatable bonds is 5. The number of hydrogen-bond acceptors (Lipinski definition) is 7. The molecule has 1 aromatic carbocycles. The summed E-state index contributed by atoms with van der Waals surface area (Å²) in [4.78, 5) is 34.7. The van der Waals surface area contributed by atoms with Gasteiger partial charge in [0.05, 0.1) is 5.56 Å². The molecule has 7 nitrogen and oxygen atoms in total. The number of carbonyl (C=O) groups is 2. The molecule has 0 fully saturated rings. The van der Waals surface area contributed by atoms with Crippen LogP contribution in [0.3, 0.4) is 0 Å². The first-order valence-corrected chi connectivity index (χ1v) is 7.65. The van der Waals surface area contributed by atoms with Crippen LogP contribution in [0.15, 0.2) is 68.4 Å². The van der Waals surface area contributed by atoms with Crippen molar-refractivity contribution >= 4 is 11.9 Å². The highest BCUT2D eigenvalue weighted by molar-refractivity contribution is 5.89. The van der Waals surface area contributed by atoms with Crippen molar-refractivity contribution < 1.29 is 27.9 Å². The normalized spacial score (nSPS) is 10.3. The summed E-state index contributed by atoms with van der Waals surface area (Å²) in [5.41, 5.74) is -0.0822. The van der Waals surface area contributed by atoms with Crippen molar-refractivity contribution in [1.29, 1.82) is 0 Å². The van der Waals surface area contributed by atoms with Crippen LogP contribution in [0, 0.1) is 0 Å². The molecule has 0 atom stereocenters. The van der Waals surface area contributed by atoms with Gasteiger partial charge in [-0.05, 0) is 24.3 Å². The van der Waals surface area contributed by atoms with Crippen LogP contribution >= 0.6 is 0 Å². The van der Waals surface area contributed by atoms with E-state index in [-0.39, 0.29) is 23.9 Å². The highest BCUT2D eigenvalue weighted by Crippen LogP contribution is 2.23. The smallest absolute Gasteiger partial charge is 0.338 e. The van der Waals surface area contributed by atoms with E-state index in [0.717, 1.165) is 12.3 Å². The minimum atomic E-state index is -0.620. The Bertz CT molecular complexity index is 982. The average Bonchev–Trinajstić information content (AvgIpc) is 3.11. The molecular weight excluding hydrogens is 340 g/mol. The quantitative estimate of drug-likeness (QED) is 0.649. The average molecular weight is 354 g/mol.